The van der Waals surface area contributed by atoms with E-state index in [1.807, 2.05) is 25.2 Å². The lowest BCUT2D eigenvalue weighted by Crippen LogP contribution is -1.95. The van der Waals surface area contributed by atoms with Crippen LogP contribution in [-0.2, 0) is 11.2 Å². The van der Waals surface area contributed by atoms with Gasteiger partial charge in [0.05, 0.1) is 12.8 Å². The highest BCUT2D eigenvalue weighted by Crippen LogP contribution is 2.32. The second-order valence-electron chi connectivity index (χ2n) is 5.36. The quantitative estimate of drug-likeness (QED) is 0.428. The summed E-state index contributed by atoms with van der Waals surface area (Å²) in [6.07, 6.45) is 8.62. The monoisotopic (exact) mass is 409 g/mol. The number of rotatable bonds is 5. The van der Waals surface area contributed by atoms with Gasteiger partial charge in [-0.25, -0.2) is 9.38 Å². The van der Waals surface area contributed by atoms with E-state index < -0.39 is 0 Å². The maximum Gasteiger partial charge on any atom is 0.173 e. The third-order valence-corrected chi connectivity index (χ3v) is 4.51. The highest BCUT2D eigenvalue weighted by molar-refractivity contribution is 9.11. The van der Waals surface area contributed by atoms with E-state index in [9.17, 15) is 4.39 Å². The molecule has 2 rings (SSSR count). The summed E-state index contributed by atoms with van der Waals surface area (Å²) in [5.74, 6) is -0.243. The van der Waals surface area contributed by atoms with E-state index in [1.54, 1.807) is 19.2 Å². The molecule has 1 aliphatic rings. The summed E-state index contributed by atoms with van der Waals surface area (Å²) >= 11 is 10.1. The van der Waals surface area contributed by atoms with Gasteiger partial charge in [-0.05, 0) is 42.7 Å². The molecule has 0 bridgehead atoms. The topological polar surface area (TPSA) is 21.6 Å². The summed E-state index contributed by atoms with van der Waals surface area (Å²) in [5, 5.41) is 0.642. The largest absolute Gasteiger partial charge is 0.486 e. The van der Waals surface area contributed by atoms with Crippen molar-refractivity contribution in [2.24, 2.45) is 4.99 Å². The summed E-state index contributed by atoms with van der Waals surface area (Å²) in [7, 11) is 1.55. The van der Waals surface area contributed by atoms with Crippen LogP contribution in [0.25, 0.3) is 0 Å². The lowest BCUT2D eigenvalue weighted by Gasteiger charge is -2.10. The first-order valence-corrected chi connectivity index (χ1v) is 8.60. The number of allylic oxidation sites excluding steroid dienone is 7. The number of nitrogens with zero attached hydrogens (tertiary/aromatic N) is 1. The van der Waals surface area contributed by atoms with Gasteiger partial charge in [-0.3, -0.25) is 0 Å². The lowest BCUT2D eigenvalue weighted by atomic mass is 10.0. The summed E-state index contributed by atoms with van der Waals surface area (Å²) in [6.45, 7) is 1.97. The van der Waals surface area contributed by atoms with Crippen LogP contribution in [0.1, 0.15) is 18.9 Å². The molecule has 0 fully saturated rings. The minimum absolute atomic E-state index is 0.243. The van der Waals surface area contributed by atoms with Crippen LogP contribution < -0.4 is 0 Å². The van der Waals surface area contributed by atoms with Crippen molar-refractivity contribution in [1.29, 1.82) is 0 Å². The van der Waals surface area contributed by atoms with Crippen LogP contribution in [0.2, 0.25) is 0 Å². The van der Waals surface area contributed by atoms with E-state index >= 15 is 0 Å². The van der Waals surface area contributed by atoms with Crippen LogP contribution in [0.15, 0.2) is 73.8 Å². The normalized spacial score (nSPS) is 16.1. The van der Waals surface area contributed by atoms with Crippen molar-refractivity contribution in [3.05, 3.63) is 80.2 Å². The van der Waals surface area contributed by atoms with Gasteiger partial charge >= 0.3 is 0 Å². The molecule has 0 saturated carbocycles. The van der Waals surface area contributed by atoms with Crippen molar-refractivity contribution >= 4 is 33.9 Å². The Labute approximate surface area is 155 Å². The van der Waals surface area contributed by atoms with Crippen LogP contribution >= 0.6 is 27.5 Å². The van der Waals surface area contributed by atoms with Gasteiger partial charge < -0.3 is 4.74 Å². The standard InChI is InChI=1S/C19H18BrClFNO/c1-13(10-14-6-8-16(22)9-7-14)19(21)17-11-15(20)4-3-5-18(17)23-12-24-2/h3-4,6-9,11-12H,5,10H2,1-2H3/b19-13-,23-12?. The number of methoxy groups -OCH3 is 1. The maximum atomic E-state index is 13.0. The van der Waals surface area contributed by atoms with Crippen LogP contribution in [0.4, 0.5) is 4.39 Å². The third-order valence-electron chi connectivity index (χ3n) is 3.49. The zero-order chi connectivity index (χ0) is 17.5. The summed E-state index contributed by atoms with van der Waals surface area (Å²) in [4.78, 5) is 4.35. The predicted octanol–water partition coefficient (Wildman–Crippen LogP) is 6.05. The molecule has 0 amide bonds. The Morgan fingerprint density at radius 1 is 1.38 bits per heavy atom. The highest BCUT2D eigenvalue weighted by atomic mass is 79.9. The number of hydrogen-bond donors (Lipinski definition) is 0. The summed E-state index contributed by atoms with van der Waals surface area (Å²) in [5.41, 5.74) is 3.67. The second-order valence-corrected chi connectivity index (χ2v) is 6.66. The maximum absolute atomic E-state index is 13.0. The molecule has 5 heteroatoms. The molecule has 0 N–H and O–H groups in total. The number of aliphatic imine (C=N–C) groups is 1. The number of ether oxygens (including phenoxy) is 1. The molecular formula is C19H18BrClFNO. The second kappa shape index (κ2) is 9.00. The molecule has 0 heterocycles. The molecule has 0 aromatic heterocycles. The Bertz CT molecular complexity index is 745. The van der Waals surface area contributed by atoms with Crippen molar-refractivity contribution < 1.29 is 9.13 Å². The molecule has 1 aromatic rings. The average molecular weight is 411 g/mol. The molecule has 0 spiro atoms. The van der Waals surface area contributed by atoms with Crippen LogP contribution in [0, 0.1) is 5.82 Å². The van der Waals surface area contributed by atoms with Gasteiger partial charge in [0.15, 0.2) is 6.40 Å². The molecule has 0 atom stereocenters. The highest BCUT2D eigenvalue weighted by Gasteiger charge is 2.13. The van der Waals surface area contributed by atoms with E-state index in [0.29, 0.717) is 17.9 Å². The van der Waals surface area contributed by atoms with Gasteiger partial charge in [-0.2, -0.15) is 0 Å². The van der Waals surface area contributed by atoms with E-state index in [0.717, 1.165) is 26.9 Å². The van der Waals surface area contributed by atoms with E-state index in [4.69, 9.17) is 16.3 Å². The zero-order valence-corrected chi connectivity index (χ0v) is 15.9. The molecule has 0 radical (unpaired) electrons. The Kier molecular flexibility index (Phi) is 7.00. The van der Waals surface area contributed by atoms with Crippen LogP contribution in [0.5, 0.6) is 0 Å². The molecule has 1 aliphatic carbocycles. The van der Waals surface area contributed by atoms with Gasteiger partial charge in [0, 0.05) is 21.5 Å². The van der Waals surface area contributed by atoms with Gasteiger partial charge in [-0.1, -0.05) is 51.8 Å². The van der Waals surface area contributed by atoms with E-state index in [-0.39, 0.29) is 5.82 Å². The first kappa shape index (κ1) is 18.7. The minimum Gasteiger partial charge on any atom is -0.486 e. The number of halogens is 3. The fraction of sp³-hybridized carbons (Fsp3) is 0.211. The molecule has 126 valence electrons. The van der Waals surface area contributed by atoms with Gasteiger partial charge in [0.2, 0.25) is 0 Å². The van der Waals surface area contributed by atoms with Crippen molar-refractivity contribution in [3.63, 3.8) is 0 Å². The van der Waals surface area contributed by atoms with E-state index in [2.05, 4.69) is 20.9 Å². The summed E-state index contributed by atoms with van der Waals surface area (Å²) < 4.78 is 18.9. The zero-order valence-electron chi connectivity index (χ0n) is 13.5. The average Bonchev–Trinajstić information content (AvgIpc) is 2.75. The first-order valence-electron chi connectivity index (χ1n) is 7.43. The van der Waals surface area contributed by atoms with Gasteiger partial charge in [0.25, 0.3) is 0 Å². The molecule has 2 nitrogen and oxygen atoms in total. The van der Waals surface area contributed by atoms with Crippen LogP contribution in [-0.4, -0.2) is 13.5 Å². The Morgan fingerprint density at radius 2 is 2.08 bits per heavy atom. The third kappa shape index (κ3) is 5.18. The van der Waals surface area contributed by atoms with Crippen molar-refractivity contribution in [2.45, 2.75) is 19.8 Å². The fourth-order valence-electron chi connectivity index (χ4n) is 2.31. The molecular weight excluding hydrogens is 393 g/mol. The Morgan fingerprint density at radius 3 is 2.75 bits per heavy atom. The fourth-order valence-corrected chi connectivity index (χ4v) is 2.95. The van der Waals surface area contributed by atoms with Crippen molar-refractivity contribution in [2.75, 3.05) is 7.11 Å². The Balaban J connectivity index is 2.39. The van der Waals surface area contributed by atoms with E-state index in [1.165, 1.54) is 18.5 Å². The number of benzene rings is 1. The van der Waals surface area contributed by atoms with Gasteiger partial charge in [0.1, 0.15) is 5.82 Å². The first-order chi connectivity index (χ1) is 11.5. The van der Waals surface area contributed by atoms with Crippen molar-refractivity contribution in [3.8, 4) is 0 Å². The number of hydrogen-bond acceptors (Lipinski definition) is 2. The van der Waals surface area contributed by atoms with Gasteiger partial charge in [-0.15, -0.1) is 0 Å². The lowest BCUT2D eigenvalue weighted by molar-refractivity contribution is 0.422. The molecule has 0 aliphatic heterocycles. The molecule has 1 aromatic carbocycles. The molecule has 0 unspecified atom stereocenters. The van der Waals surface area contributed by atoms with Crippen molar-refractivity contribution in [1.82, 2.24) is 0 Å². The predicted molar refractivity (Wildman–Crippen MR) is 102 cm³/mol. The SMILES string of the molecule is COC=NC1=C(/C(Cl)=C(\C)Cc2ccc(F)cc2)C=C(Br)C=CC1. The minimum atomic E-state index is -0.243. The molecule has 0 saturated heterocycles. The summed E-state index contributed by atoms with van der Waals surface area (Å²) in [6, 6.07) is 6.44. The Hall–Kier alpha value is -1.65. The van der Waals surface area contributed by atoms with Crippen LogP contribution in [0.3, 0.4) is 0 Å². The smallest absolute Gasteiger partial charge is 0.173 e. The molecule has 24 heavy (non-hydrogen) atoms.